The summed E-state index contributed by atoms with van der Waals surface area (Å²) in [5.41, 5.74) is 1.69. The predicted octanol–water partition coefficient (Wildman–Crippen LogP) is 3.00. The second kappa shape index (κ2) is 11.3. The Morgan fingerprint density at radius 3 is 2.83 bits per heavy atom. The van der Waals surface area contributed by atoms with Crippen LogP contribution in [0.1, 0.15) is 37.8 Å². The normalized spacial score (nSPS) is 17.5. The summed E-state index contributed by atoms with van der Waals surface area (Å²) in [6, 6.07) is 3.74. The molecule has 2 N–H and O–H groups in total. The van der Waals surface area contributed by atoms with Crippen LogP contribution in [0.15, 0.2) is 35.0 Å². The number of nitrogens with zero attached hydrogens (tertiary/aromatic N) is 2. The number of aliphatic carboxylic acids is 1. The summed E-state index contributed by atoms with van der Waals surface area (Å²) < 4.78 is 11.6. The molecule has 0 saturated carbocycles. The minimum absolute atomic E-state index is 0.263. The number of hydrogen-bond acceptors (Lipinski definition) is 7. The quantitative estimate of drug-likeness (QED) is 0.324. The molecule has 2 rings (SSSR count). The van der Waals surface area contributed by atoms with Gasteiger partial charge in [-0.1, -0.05) is 24.8 Å². The monoisotopic (exact) mass is 419 g/mol. The van der Waals surface area contributed by atoms with Crippen molar-refractivity contribution < 1.29 is 24.2 Å². The van der Waals surface area contributed by atoms with Crippen molar-refractivity contribution >= 4 is 35.0 Å². The molecule has 1 atom stereocenters. The Bertz CT molecular complexity index is 823. The first kappa shape index (κ1) is 22.5. The van der Waals surface area contributed by atoms with Gasteiger partial charge in [-0.25, -0.2) is 0 Å². The van der Waals surface area contributed by atoms with Crippen molar-refractivity contribution in [3.8, 4) is 11.5 Å². The lowest BCUT2D eigenvalue weighted by molar-refractivity contribution is -0.138. The molecule has 0 bridgehead atoms. The molecule has 1 aromatic rings. The Morgan fingerprint density at radius 1 is 1.38 bits per heavy atom. The van der Waals surface area contributed by atoms with E-state index >= 15 is 0 Å². The first-order valence-corrected chi connectivity index (χ1v) is 10.2. The zero-order valence-electron chi connectivity index (χ0n) is 16.5. The van der Waals surface area contributed by atoms with Gasteiger partial charge in [0.1, 0.15) is 5.25 Å². The first-order valence-electron chi connectivity index (χ1n) is 9.32. The van der Waals surface area contributed by atoms with Crippen LogP contribution in [0.3, 0.4) is 0 Å². The number of allylic oxidation sites excluding steroid dienone is 1. The molecule has 1 amide bonds. The number of thioether (sulfide) groups is 1. The number of amidine groups is 1. The van der Waals surface area contributed by atoms with Crippen LogP contribution in [0.25, 0.3) is 0 Å². The van der Waals surface area contributed by atoms with Crippen molar-refractivity contribution in [2.45, 2.75) is 38.4 Å². The van der Waals surface area contributed by atoms with Crippen molar-refractivity contribution in [3.63, 3.8) is 0 Å². The molecule has 1 aliphatic rings. The highest BCUT2D eigenvalue weighted by molar-refractivity contribution is 8.15. The standard InChI is InChI=1S/C20H25N3O5S/c1-4-7-14-9-13(10-15(27-6-3)18(14)28-8-5-2)12-21-23-20-22-19(26)16(29-20)11-17(24)25/h4,9-10,12,16H,1,5-8,11H2,2-3H3,(H,24,25)(H,22,23,26). The Kier molecular flexibility index (Phi) is 8.72. The Hall–Kier alpha value is -2.81. The van der Waals surface area contributed by atoms with Gasteiger partial charge in [-0.05, 0) is 37.5 Å². The Morgan fingerprint density at radius 2 is 2.17 bits per heavy atom. The van der Waals surface area contributed by atoms with Crippen molar-refractivity contribution in [1.82, 2.24) is 5.32 Å². The van der Waals surface area contributed by atoms with Gasteiger partial charge in [0.2, 0.25) is 5.91 Å². The summed E-state index contributed by atoms with van der Waals surface area (Å²) >= 11 is 1.05. The average molecular weight is 420 g/mol. The fourth-order valence-electron chi connectivity index (χ4n) is 2.59. The SMILES string of the molecule is C=CCc1cc(C=NN=C2NC(=O)C(CC(=O)O)S2)cc(OCC)c1OCCC. The summed E-state index contributed by atoms with van der Waals surface area (Å²) in [6.45, 7) is 8.81. The minimum atomic E-state index is -1.04. The van der Waals surface area contributed by atoms with E-state index in [0.29, 0.717) is 31.1 Å². The molecule has 156 valence electrons. The molecule has 1 heterocycles. The van der Waals surface area contributed by atoms with Crippen LogP contribution in [0.5, 0.6) is 11.5 Å². The summed E-state index contributed by atoms with van der Waals surface area (Å²) in [7, 11) is 0. The molecule has 0 aromatic heterocycles. The summed E-state index contributed by atoms with van der Waals surface area (Å²) in [5.74, 6) is -0.0895. The molecule has 1 fully saturated rings. The molecule has 1 aromatic carbocycles. The predicted molar refractivity (Wildman–Crippen MR) is 114 cm³/mol. The van der Waals surface area contributed by atoms with Gasteiger partial charge in [-0.2, -0.15) is 5.10 Å². The minimum Gasteiger partial charge on any atom is -0.490 e. The highest BCUT2D eigenvalue weighted by Gasteiger charge is 2.32. The number of carbonyl (C=O) groups is 2. The third-order valence-electron chi connectivity index (χ3n) is 3.76. The molecule has 0 aliphatic carbocycles. The van der Waals surface area contributed by atoms with Gasteiger partial charge in [0.15, 0.2) is 16.7 Å². The van der Waals surface area contributed by atoms with Crippen molar-refractivity contribution in [2.24, 2.45) is 10.2 Å². The largest absolute Gasteiger partial charge is 0.490 e. The fraction of sp³-hybridized carbons (Fsp3) is 0.400. The second-order valence-electron chi connectivity index (χ2n) is 6.12. The Labute approximate surface area is 174 Å². The van der Waals surface area contributed by atoms with Crippen molar-refractivity contribution in [1.29, 1.82) is 0 Å². The maximum absolute atomic E-state index is 11.7. The van der Waals surface area contributed by atoms with Crippen LogP contribution in [-0.2, 0) is 16.0 Å². The van der Waals surface area contributed by atoms with E-state index in [4.69, 9.17) is 14.6 Å². The third kappa shape index (κ3) is 6.63. The maximum atomic E-state index is 11.7. The van der Waals surface area contributed by atoms with Gasteiger partial charge in [-0.3, -0.25) is 9.59 Å². The molecule has 29 heavy (non-hydrogen) atoms. The highest BCUT2D eigenvalue weighted by Crippen LogP contribution is 2.33. The summed E-state index contributed by atoms with van der Waals surface area (Å²) in [6.07, 6.45) is 4.56. The number of nitrogens with one attached hydrogen (secondary N) is 1. The molecule has 0 spiro atoms. The lowest BCUT2D eigenvalue weighted by Crippen LogP contribution is -2.26. The van der Waals surface area contributed by atoms with Gasteiger partial charge < -0.3 is 19.9 Å². The maximum Gasteiger partial charge on any atom is 0.305 e. The molecule has 1 aliphatic heterocycles. The number of rotatable bonds is 11. The fourth-order valence-corrected chi connectivity index (χ4v) is 3.50. The van der Waals surface area contributed by atoms with Crippen molar-refractivity contribution in [2.75, 3.05) is 13.2 Å². The molecule has 9 heteroatoms. The van der Waals surface area contributed by atoms with Crippen LogP contribution < -0.4 is 14.8 Å². The number of carbonyl (C=O) groups excluding carboxylic acids is 1. The van der Waals surface area contributed by atoms with Crippen LogP contribution >= 0.6 is 11.8 Å². The molecular weight excluding hydrogens is 394 g/mol. The highest BCUT2D eigenvalue weighted by atomic mass is 32.2. The van der Waals surface area contributed by atoms with Gasteiger partial charge in [0.05, 0.1) is 25.8 Å². The lowest BCUT2D eigenvalue weighted by Gasteiger charge is -2.16. The smallest absolute Gasteiger partial charge is 0.305 e. The van der Waals surface area contributed by atoms with E-state index in [0.717, 1.165) is 29.3 Å². The number of hydrogen-bond donors (Lipinski definition) is 2. The van der Waals surface area contributed by atoms with E-state index < -0.39 is 11.2 Å². The Balaban J connectivity index is 2.22. The summed E-state index contributed by atoms with van der Waals surface area (Å²) in [4.78, 5) is 22.5. The van der Waals surface area contributed by atoms with E-state index in [1.54, 1.807) is 12.3 Å². The number of benzene rings is 1. The molecular formula is C20H25N3O5S. The average Bonchev–Trinajstić information content (AvgIpc) is 3.00. The third-order valence-corrected chi connectivity index (χ3v) is 4.83. The second-order valence-corrected chi connectivity index (χ2v) is 7.32. The number of ether oxygens (including phenoxy) is 2. The summed E-state index contributed by atoms with van der Waals surface area (Å²) in [5, 5.41) is 18.9. The zero-order chi connectivity index (χ0) is 21.2. The molecule has 1 saturated heterocycles. The van der Waals surface area contributed by atoms with Gasteiger partial charge >= 0.3 is 5.97 Å². The first-order chi connectivity index (χ1) is 14.0. The molecule has 1 unspecified atom stereocenters. The van der Waals surface area contributed by atoms with E-state index in [2.05, 4.69) is 22.1 Å². The van der Waals surface area contributed by atoms with Crippen LogP contribution in [0.4, 0.5) is 0 Å². The topological polar surface area (TPSA) is 110 Å². The number of carboxylic acids is 1. The molecule has 0 radical (unpaired) electrons. The van der Waals surface area contributed by atoms with Gasteiger partial charge in [-0.15, -0.1) is 11.7 Å². The van der Waals surface area contributed by atoms with Crippen LogP contribution in [0.2, 0.25) is 0 Å². The number of carboxylic acid groups (broad SMARTS) is 1. The van der Waals surface area contributed by atoms with E-state index in [1.807, 2.05) is 26.0 Å². The zero-order valence-corrected chi connectivity index (χ0v) is 17.3. The van der Waals surface area contributed by atoms with Gasteiger partial charge in [0, 0.05) is 5.56 Å². The van der Waals surface area contributed by atoms with E-state index in [9.17, 15) is 9.59 Å². The van der Waals surface area contributed by atoms with E-state index in [-0.39, 0.29) is 17.5 Å². The van der Waals surface area contributed by atoms with Crippen LogP contribution in [0, 0.1) is 0 Å². The van der Waals surface area contributed by atoms with Gasteiger partial charge in [0.25, 0.3) is 0 Å². The van der Waals surface area contributed by atoms with Crippen molar-refractivity contribution in [3.05, 3.63) is 35.9 Å². The van der Waals surface area contributed by atoms with Crippen LogP contribution in [-0.4, -0.2) is 46.8 Å². The van der Waals surface area contributed by atoms with E-state index in [1.165, 1.54) is 0 Å². The molecule has 8 nitrogen and oxygen atoms in total. The number of amides is 1. The lowest BCUT2D eigenvalue weighted by atomic mass is 10.1.